The lowest BCUT2D eigenvalue weighted by atomic mass is 10.1. The number of thioether (sulfide) groups is 1. The van der Waals surface area contributed by atoms with Gasteiger partial charge in [-0.25, -0.2) is 18.1 Å². The zero-order chi connectivity index (χ0) is 22.9. The van der Waals surface area contributed by atoms with Crippen LogP contribution in [0.25, 0.3) is 16.7 Å². The van der Waals surface area contributed by atoms with E-state index in [9.17, 15) is 18.0 Å². The van der Waals surface area contributed by atoms with Crippen molar-refractivity contribution in [2.75, 3.05) is 23.8 Å². The highest BCUT2D eigenvalue weighted by Gasteiger charge is 2.34. The van der Waals surface area contributed by atoms with E-state index in [-0.39, 0.29) is 40.7 Å². The van der Waals surface area contributed by atoms with Gasteiger partial charge in [-0.1, -0.05) is 43.8 Å². The number of aromatic nitrogens is 4. The third-order valence-electron chi connectivity index (χ3n) is 5.28. The lowest BCUT2D eigenvalue weighted by molar-refractivity contribution is -0.130. The Balaban J connectivity index is 1.55. The molecule has 0 unspecified atom stereocenters. The van der Waals surface area contributed by atoms with Gasteiger partial charge in [-0.15, -0.1) is 0 Å². The maximum Gasteiger partial charge on any atom is 0.262 e. The van der Waals surface area contributed by atoms with Crippen molar-refractivity contribution >= 4 is 38.5 Å². The van der Waals surface area contributed by atoms with E-state index in [1.165, 1.54) is 6.20 Å². The molecule has 0 bridgehead atoms. The number of aromatic amines is 1. The summed E-state index contributed by atoms with van der Waals surface area (Å²) in [6.07, 6.45) is 1.93. The van der Waals surface area contributed by atoms with E-state index in [4.69, 9.17) is 0 Å². The van der Waals surface area contributed by atoms with Crippen molar-refractivity contribution in [1.82, 2.24) is 24.6 Å². The van der Waals surface area contributed by atoms with Crippen LogP contribution in [-0.2, 0) is 14.6 Å². The molecule has 32 heavy (non-hydrogen) atoms. The molecule has 1 fully saturated rings. The first-order valence-corrected chi connectivity index (χ1v) is 13.2. The number of nitrogens with zero attached hydrogens (tertiary/aromatic N) is 4. The van der Waals surface area contributed by atoms with E-state index >= 15 is 0 Å². The van der Waals surface area contributed by atoms with Crippen LogP contribution in [0.4, 0.5) is 0 Å². The third kappa shape index (κ3) is 4.88. The molecule has 1 saturated heterocycles. The fourth-order valence-electron chi connectivity index (χ4n) is 3.81. The Bertz CT molecular complexity index is 1280. The zero-order valence-electron chi connectivity index (χ0n) is 17.9. The second-order valence-corrected chi connectivity index (χ2v) is 11.5. The van der Waals surface area contributed by atoms with Crippen molar-refractivity contribution in [3.05, 3.63) is 46.9 Å². The Morgan fingerprint density at radius 1 is 1.31 bits per heavy atom. The normalized spacial score (nSPS) is 17.8. The lowest BCUT2D eigenvalue weighted by Gasteiger charge is -2.29. The lowest BCUT2D eigenvalue weighted by Crippen LogP contribution is -2.44. The maximum absolute atomic E-state index is 13.0. The molecule has 0 spiro atoms. The number of hydrogen-bond donors (Lipinski definition) is 1. The zero-order valence-corrected chi connectivity index (χ0v) is 19.5. The summed E-state index contributed by atoms with van der Waals surface area (Å²) in [6.45, 7) is 4.48. The Morgan fingerprint density at radius 2 is 2.06 bits per heavy atom. The Hall–Kier alpha value is -2.66. The maximum atomic E-state index is 13.0. The fraction of sp³-hybridized carbons (Fsp3) is 0.429. The van der Waals surface area contributed by atoms with Crippen LogP contribution < -0.4 is 5.56 Å². The molecule has 3 aromatic rings. The average molecular weight is 476 g/mol. The smallest absolute Gasteiger partial charge is 0.262 e. The van der Waals surface area contributed by atoms with Crippen LogP contribution in [0.3, 0.4) is 0 Å². The molecule has 1 aliphatic heterocycles. The molecule has 0 aliphatic carbocycles. The van der Waals surface area contributed by atoms with Gasteiger partial charge in [0.2, 0.25) is 5.91 Å². The van der Waals surface area contributed by atoms with E-state index < -0.39 is 9.84 Å². The van der Waals surface area contributed by atoms with Crippen LogP contribution in [0, 0.1) is 5.92 Å². The number of benzene rings is 1. The van der Waals surface area contributed by atoms with Crippen molar-refractivity contribution in [3.63, 3.8) is 0 Å². The number of hydrogen-bond acceptors (Lipinski definition) is 7. The van der Waals surface area contributed by atoms with Crippen molar-refractivity contribution in [3.8, 4) is 5.69 Å². The van der Waals surface area contributed by atoms with Crippen molar-refractivity contribution in [2.24, 2.45) is 5.92 Å². The summed E-state index contributed by atoms with van der Waals surface area (Å²) in [4.78, 5) is 34.4. The molecule has 1 N–H and O–H groups in total. The number of carbonyl (C=O) groups excluding carboxylic acids is 1. The summed E-state index contributed by atoms with van der Waals surface area (Å²) >= 11 is 1.13. The second-order valence-electron chi connectivity index (χ2n) is 8.29. The first kappa shape index (κ1) is 22.5. The summed E-state index contributed by atoms with van der Waals surface area (Å²) in [7, 11) is -3.10. The van der Waals surface area contributed by atoms with Gasteiger partial charge in [0.1, 0.15) is 5.39 Å². The molecule has 1 aliphatic rings. The molecular formula is C21H25N5O4S2. The van der Waals surface area contributed by atoms with Gasteiger partial charge in [-0.2, -0.15) is 5.10 Å². The van der Waals surface area contributed by atoms with Crippen LogP contribution in [-0.4, -0.2) is 68.8 Å². The van der Waals surface area contributed by atoms with Crippen LogP contribution in [0.5, 0.6) is 0 Å². The molecular weight excluding hydrogens is 450 g/mol. The third-order valence-corrected chi connectivity index (χ3v) is 7.89. The highest BCUT2D eigenvalue weighted by molar-refractivity contribution is 7.99. The molecule has 2 aromatic heterocycles. The molecule has 1 aromatic carbocycles. The van der Waals surface area contributed by atoms with Gasteiger partial charge in [0.15, 0.2) is 20.6 Å². The number of fused-ring (bicyclic) bond motifs is 1. The molecule has 1 atom stereocenters. The molecule has 170 valence electrons. The van der Waals surface area contributed by atoms with Gasteiger partial charge in [0.25, 0.3) is 5.56 Å². The van der Waals surface area contributed by atoms with E-state index in [0.29, 0.717) is 29.2 Å². The fourth-order valence-corrected chi connectivity index (χ4v) is 6.28. The highest BCUT2D eigenvalue weighted by atomic mass is 32.2. The standard InChI is InChI=1S/C21H25N5O4S2/c1-14(2)11-25(16-8-9-32(29,30)13-16)18(27)12-31-21-23-19-17(20(28)24-21)10-22-26(19)15-6-4-3-5-7-15/h3-7,10,14,16H,8-9,11-13H2,1-2H3,(H,23,24,28)/t16-/m1/s1. The highest BCUT2D eigenvalue weighted by Crippen LogP contribution is 2.22. The molecule has 9 nitrogen and oxygen atoms in total. The molecule has 4 rings (SSSR count). The minimum atomic E-state index is -3.10. The SMILES string of the molecule is CC(C)CN(C(=O)CSc1nc2c(cnn2-c2ccccc2)c(=O)[nH]1)[C@@H]1CCS(=O)(=O)C1. The number of carbonyl (C=O) groups is 1. The second kappa shape index (κ2) is 9.07. The number of amides is 1. The predicted octanol–water partition coefficient (Wildman–Crippen LogP) is 1.87. The summed E-state index contributed by atoms with van der Waals surface area (Å²) in [5.74, 6) is 0.221. The summed E-state index contributed by atoms with van der Waals surface area (Å²) < 4.78 is 25.4. The minimum absolute atomic E-state index is 0.00737. The van der Waals surface area contributed by atoms with Crippen LogP contribution in [0.2, 0.25) is 0 Å². The number of H-pyrrole nitrogens is 1. The first-order valence-electron chi connectivity index (χ1n) is 10.4. The molecule has 11 heteroatoms. The van der Waals surface area contributed by atoms with Gasteiger partial charge in [-0.05, 0) is 24.5 Å². The number of sulfone groups is 1. The van der Waals surface area contributed by atoms with E-state index in [1.807, 2.05) is 44.2 Å². The molecule has 0 radical (unpaired) electrons. The van der Waals surface area contributed by atoms with E-state index in [2.05, 4.69) is 15.1 Å². The van der Waals surface area contributed by atoms with Crippen molar-refractivity contribution in [1.29, 1.82) is 0 Å². The van der Waals surface area contributed by atoms with Crippen molar-refractivity contribution < 1.29 is 13.2 Å². The van der Waals surface area contributed by atoms with E-state index in [1.54, 1.807) is 9.58 Å². The number of para-hydroxylation sites is 1. The van der Waals surface area contributed by atoms with Crippen molar-refractivity contribution in [2.45, 2.75) is 31.5 Å². The van der Waals surface area contributed by atoms with Crippen LogP contribution >= 0.6 is 11.8 Å². The van der Waals surface area contributed by atoms with Crippen LogP contribution in [0.15, 0.2) is 46.5 Å². The van der Waals surface area contributed by atoms with Crippen LogP contribution in [0.1, 0.15) is 20.3 Å². The Labute approximate surface area is 190 Å². The monoisotopic (exact) mass is 475 g/mol. The van der Waals surface area contributed by atoms with Gasteiger partial charge in [0.05, 0.1) is 29.1 Å². The average Bonchev–Trinajstić information content (AvgIpc) is 3.34. The van der Waals surface area contributed by atoms with Gasteiger partial charge >= 0.3 is 0 Å². The van der Waals surface area contributed by atoms with E-state index in [0.717, 1.165) is 17.4 Å². The minimum Gasteiger partial charge on any atom is -0.338 e. The number of nitrogens with one attached hydrogen (secondary N) is 1. The number of rotatable bonds is 7. The quantitative estimate of drug-likeness (QED) is 0.409. The summed E-state index contributed by atoms with van der Waals surface area (Å²) in [5, 5.41) is 4.96. The largest absolute Gasteiger partial charge is 0.338 e. The topological polar surface area (TPSA) is 118 Å². The Morgan fingerprint density at radius 3 is 2.72 bits per heavy atom. The summed E-state index contributed by atoms with van der Waals surface area (Å²) in [5.41, 5.74) is 0.863. The van der Waals surface area contributed by atoms with Gasteiger partial charge in [0, 0.05) is 12.6 Å². The first-order chi connectivity index (χ1) is 15.2. The summed E-state index contributed by atoms with van der Waals surface area (Å²) in [6, 6.07) is 9.06. The molecule has 3 heterocycles. The molecule has 0 saturated carbocycles. The van der Waals surface area contributed by atoms with Gasteiger partial charge < -0.3 is 9.88 Å². The predicted molar refractivity (Wildman–Crippen MR) is 124 cm³/mol. The molecule has 1 amide bonds. The van der Waals surface area contributed by atoms with Gasteiger partial charge in [-0.3, -0.25) is 9.59 Å². The Kier molecular flexibility index (Phi) is 6.38.